The molecule has 0 radical (unpaired) electrons. The third-order valence-corrected chi connectivity index (χ3v) is 5.69. The van der Waals surface area contributed by atoms with E-state index in [-0.39, 0.29) is 0 Å². The van der Waals surface area contributed by atoms with Crippen molar-refractivity contribution >= 4 is 14.9 Å². The molecule has 0 saturated carbocycles. The lowest BCUT2D eigenvalue weighted by Gasteiger charge is -2.23. The van der Waals surface area contributed by atoms with Crippen LogP contribution in [0.5, 0.6) is 0 Å². The Kier molecular flexibility index (Phi) is 4.57. The van der Waals surface area contributed by atoms with E-state index in [2.05, 4.69) is 16.4 Å². The fourth-order valence-corrected chi connectivity index (χ4v) is 2.85. The highest BCUT2D eigenvalue weighted by Gasteiger charge is 2.27. The molecule has 0 N–H and O–H groups in total. The van der Waals surface area contributed by atoms with E-state index >= 15 is 0 Å². The van der Waals surface area contributed by atoms with Crippen LogP contribution in [0.2, 0.25) is 12.6 Å². The number of hydrogen-bond donors (Lipinski definition) is 0. The van der Waals surface area contributed by atoms with Gasteiger partial charge in [-0.3, -0.25) is 4.99 Å². The van der Waals surface area contributed by atoms with Gasteiger partial charge in [0.2, 0.25) is 0 Å². The van der Waals surface area contributed by atoms with Gasteiger partial charge in [-0.2, -0.15) is 0 Å². The minimum atomic E-state index is -1.84. The number of nitrogens with zero attached hydrogens (tertiary/aromatic N) is 2. The Morgan fingerprint density at radius 3 is 2.64 bits per heavy atom. The number of aliphatic imine (C=N–C) groups is 1. The molecule has 0 spiro atoms. The lowest BCUT2D eigenvalue weighted by atomic mass is 10.4. The van der Waals surface area contributed by atoms with Crippen molar-refractivity contribution in [2.75, 3.05) is 33.9 Å². The van der Waals surface area contributed by atoms with Gasteiger partial charge >= 0.3 is 8.56 Å². The lowest BCUT2D eigenvalue weighted by Crippen LogP contribution is -2.36. The van der Waals surface area contributed by atoms with Crippen molar-refractivity contribution in [1.82, 2.24) is 4.90 Å². The second kappa shape index (κ2) is 5.48. The van der Waals surface area contributed by atoms with Crippen LogP contribution in [0.3, 0.4) is 0 Å². The Balaban J connectivity index is 2.16. The molecule has 5 heteroatoms. The summed E-state index contributed by atoms with van der Waals surface area (Å²) in [6.07, 6.45) is 3.06. The van der Waals surface area contributed by atoms with Crippen LogP contribution in [0.15, 0.2) is 4.99 Å². The van der Waals surface area contributed by atoms with Crippen LogP contribution in [-0.4, -0.2) is 53.7 Å². The summed E-state index contributed by atoms with van der Waals surface area (Å²) in [7, 11) is 1.65. The average Bonchev–Trinajstić information content (AvgIpc) is 2.70. The number of rotatable bonds is 6. The Hall–Kier alpha value is -0.393. The summed E-state index contributed by atoms with van der Waals surface area (Å²) >= 11 is 0. The van der Waals surface area contributed by atoms with Crippen molar-refractivity contribution in [3.05, 3.63) is 0 Å². The van der Waals surface area contributed by atoms with Crippen LogP contribution >= 0.6 is 0 Å². The fraction of sp³-hybridized carbons (Fsp3) is 0.889. The maximum atomic E-state index is 5.42. The van der Waals surface area contributed by atoms with E-state index in [1.165, 1.54) is 0 Å². The maximum absolute atomic E-state index is 5.42. The second-order valence-electron chi connectivity index (χ2n) is 3.70. The highest BCUT2D eigenvalue weighted by Crippen LogP contribution is 2.14. The SMILES string of the molecule is CO[Si](C)(CCCN1C=NCC1)OC. The third-order valence-electron chi connectivity index (χ3n) is 2.70. The molecule has 82 valence electrons. The zero-order chi connectivity index (χ0) is 10.4. The zero-order valence-corrected chi connectivity index (χ0v) is 10.3. The van der Waals surface area contributed by atoms with Gasteiger partial charge < -0.3 is 13.8 Å². The predicted octanol–water partition coefficient (Wildman–Crippen LogP) is 1.09. The van der Waals surface area contributed by atoms with E-state index in [9.17, 15) is 0 Å². The Morgan fingerprint density at radius 2 is 2.14 bits per heavy atom. The molecular weight excluding hydrogens is 196 g/mol. The molecule has 14 heavy (non-hydrogen) atoms. The van der Waals surface area contributed by atoms with E-state index in [1.807, 2.05) is 6.34 Å². The van der Waals surface area contributed by atoms with Crippen molar-refractivity contribution in [3.8, 4) is 0 Å². The summed E-state index contributed by atoms with van der Waals surface area (Å²) < 4.78 is 10.8. The molecule has 1 aliphatic heterocycles. The Labute approximate surface area is 87.2 Å². The van der Waals surface area contributed by atoms with Gasteiger partial charge in [-0.15, -0.1) is 0 Å². The molecule has 0 atom stereocenters. The fourth-order valence-electron chi connectivity index (χ4n) is 1.48. The molecule has 0 aromatic carbocycles. The quantitative estimate of drug-likeness (QED) is 0.623. The highest BCUT2D eigenvalue weighted by atomic mass is 28.4. The molecule has 0 aliphatic carbocycles. The molecule has 0 unspecified atom stereocenters. The third kappa shape index (κ3) is 3.40. The van der Waals surface area contributed by atoms with Crippen molar-refractivity contribution in [2.45, 2.75) is 19.0 Å². The first-order valence-corrected chi connectivity index (χ1v) is 7.57. The molecule has 1 aliphatic rings. The first-order valence-electron chi connectivity index (χ1n) is 5.04. The summed E-state index contributed by atoms with van der Waals surface area (Å²) in [6.45, 7) is 5.19. The van der Waals surface area contributed by atoms with Gasteiger partial charge in [-0.05, 0) is 19.0 Å². The van der Waals surface area contributed by atoms with Gasteiger partial charge in [0.05, 0.1) is 12.9 Å². The summed E-state index contributed by atoms with van der Waals surface area (Å²) in [5.74, 6) is 0. The standard InChI is InChI=1S/C9H20N2O2Si/c1-12-14(3,13-2)8-4-6-11-7-5-10-9-11/h9H,4-8H2,1-3H3. The smallest absolute Gasteiger partial charge is 0.334 e. The predicted molar refractivity (Wildman–Crippen MR) is 60.0 cm³/mol. The summed E-state index contributed by atoms with van der Waals surface area (Å²) in [4.78, 5) is 6.42. The van der Waals surface area contributed by atoms with E-state index in [0.29, 0.717) is 0 Å². The minimum absolute atomic E-state index is 0.948. The summed E-state index contributed by atoms with van der Waals surface area (Å²) in [5.41, 5.74) is 0. The normalized spacial score (nSPS) is 16.6. The monoisotopic (exact) mass is 216 g/mol. The maximum Gasteiger partial charge on any atom is 0.334 e. The van der Waals surface area contributed by atoms with Gasteiger partial charge in [-0.1, -0.05) is 0 Å². The van der Waals surface area contributed by atoms with Gasteiger partial charge in [0.25, 0.3) is 0 Å². The van der Waals surface area contributed by atoms with Crippen molar-refractivity contribution < 1.29 is 8.85 Å². The molecule has 0 bridgehead atoms. The second-order valence-corrected chi connectivity index (χ2v) is 7.29. The van der Waals surface area contributed by atoms with Crippen molar-refractivity contribution in [3.63, 3.8) is 0 Å². The molecule has 0 aromatic rings. The molecule has 0 amide bonds. The van der Waals surface area contributed by atoms with E-state index in [0.717, 1.165) is 32.1 Å². The molecule has 0 saturated heterocycles. The Bertz CT molecular complexity index is 195. The van der Waals surface area contributed by atoms with E-state index < -0.39 is 8.56 Å². The average molecular weight is 216 g/mol. The van der Waals surface area contributed by atoms with Crippen LogP contribution in [0.25, 0.3) is 0 Å². The Morgan fingerprint density at radius 1 is 1.43 bits per heavy atom. The van der Waals surface area contributed by atoms with Gasteiger partial charge in [0.1, 0.15) is 0 Å². The molecule has 0 aromatic heterocycles. The van der Waals surface area contributed by atoms with Gasteiger partial charge in [0, 0.05) is 27.3 Å². The van der Waals surface area contributed by atoms with E-state index in [4.69, 9.17) is 8.85 Å². The van der Waals surface area contributed by atoms with Crippen LogP contribution in [0.4, 0.5) is 0 Å². The summed E-state index contributed by atoms with van der Waals surface area (Å²) in [5, 5.41) is 0. The zero-order valence-electron chi connectivity index (χ0n) is 9.32. The molecule has 0 fully saturated rings. The first kappa shape index (κ1) is 11.7. The van der Waals surface area contributed by atoms with Crippen LogP contribution in [0.1, 0.15) is 6.42 Å². The van der Waals surface area contributed by atoms with Gasteiger partial charge in [0.15, 0.2) is 0 Å². The van der Waals surface area contributed by atoms with Crippen LogP contribution in [0, 0.1) is 0 Å². The highest BCUT2D eigenvalue weighted by molar-refractivity contribution is 6.65. The molecular formula is C9H20N2O2Si. The van der Waals surface area contributed by atoms with Crippen LogP contribution in [-0.2, 0) is 8.85 Å². The molecule has 1 rings (SSSR count). The molecule has 1 heterocycles. The molecule has 4 nitrogen and oxygen atoms in total. The lowest BCUT2D eigenvalue weighted by molar-refractivity contribution is 0.247. The van der Waals surface area contributed by atoms with Gasteiger partial charge in [-0.25, -0.2) is 0 Å². The van der Waals surface area contributed by atoms with Crippen molar-refractivity contribution in [2.24, 2.45) is 4.99 Å². The van der Waals surface area contributed by atoms with E-state index in [1.54, 1.807) is 14.2 Å². The minimum Gasteiger partial charge on any atom is -0.398 e. The number of hydrogen-bond acceptors (Lipinski definition) is 4. The summed E-state index contributed by atoms with van der Waals surface area (Å²) in [6, 6.07) is 1.05. The topological polar surface area (TPSA) is 34.1 Å². The van der Waals surface area contributed by atoms with Crippen LogP contribution < -0.4 is 0 Å². The first-order chi connectivity index (χ1) is 6.70. The van der Waals surface area contributed by atoms with Crippen molar-refractivity contribution in [1.29, 1.82) is 0 Å². The largest absolute Gasteiger partial charge is 0.398 e.